The predicted molar refractivity (Wildman–Crippen MR) is 118 cm³/mol. The van der Waals surface area contributed by atoms with Crippen LogP contribution in [-0.2, 0) is 11.2 Å². The van der Waals surface area contributed by atoms with Gasteiger partial charge in [0.1, 0.15) is 0 Å². The van der Waals surface area contributed by atoms with Crippen LogP contribution in [0.15, 0.2) is 24.3 Å². The van der Waals surface area contributed by atoms with E-state index < -0.39 is 24.3 Å². The number of benzene rings is 1. The Morgan fingerprint density at radius 2 is 1.77 bits per heavy atom. The molecule has 0 bridgehead atoms. The summed E-state index contributed by atoms with van der Waals surface area (Å²) >= 11 is 1.61. The normalized spacial score (nSPS) is 25.0. The second-order valence-corrected chi connectivity index (χ2v) is 9.67. The Bertz CT molecular complexity index is 777. The molecule has 1 fully saturated rings. The van der Waals surface area contributed by atoms with Crippen molar-refractivity contribution in [2.75, 3.05) is 0 Å². The molecule has 2 unspecified atom stereocenters. The van der Waals surface area contributed by atoms with E-state index in [2.05, 4.69) is 4.98 Å². The number of unbranched alkanes of at least 4 members (excludes halogenated alkanes) is 3. The minimum Gasteiger partial charge on any atom is -0.481 e. The number of fused-ring (bicyclic) bond motifs is 1. The molecule has 1 aromatic carbocycles. The van der Waals surface area contributed by atoms with Crippen LogP contribution in [0, 0.1) is 11.8 Å². The highest BCUT2D eigenvalue weighted by Gasteiger charge is 2.40. The first-order chi connectivity index (χ1) is 14.4. The molecule has 0 spiro atoms. The summed E-state index contributed by atoms with van der Waals surface area (Å²) < 4.78 is 1.12. The summed E-state index contributed by atoms with van der Waals surface area (Å²) in [5.41, 5.74) is 0.961. The highest BCUT2D eigenvalue weighted by atomic mass is 32.1. The van der Waals surface area contributed by atoms with Crippen molar-refractivity contribution in [3.05, 3.63) is 29.3 Å². The van der Waals surface area contributed by atoms with Gasteiger partial charge >= 0.3 is 5.97 Å². The van der Waals surface area contributed by atoms with E-state index >= 15 is 0 Å². The summed E-state index contributed by atoms with van der Waals surface area (Å²) in [6.45, 7) is 0. The molecule has 1 saturated carbocycles. The lowest BCUT2D eigenvalue weighted by Gasteiger charge is -2.24. The van der Waals surface area contributed by atoms with Gasteiger partial charge < -0.3 is 20.4 Å². The van der Waals surface area contributed by atoms with E-state index in [1.807, 2.05) is 24.3 Å². The van der Waals surface area contributed by atoms with Crippen LogP contribution in [0.4, 0.5) is 0 Å². The zero-order valence-corrected chi connectivity index (χ0v) is 18.1. The molecule has 6 nitrogen and oxygen atoms in total. The van der Waals surface area contributed by atoms with Gasteiger partial charge in [-0.25, -0.2) is 4.98 Å². The molecule has 0 aliphatic heterocycles. The fourth-order valence-electron chi connectivity index (χ4n) is 4.69. The summed E-state index contributed by atoms with van der Waals surface area (Å²) in [4.78, 5) is 15.1. The maximum Gasteiger partial charge on any atom is 0.303 e. The largest absolute Gasteiger partial charge is 0.481 e. The minimum atomic E-state index is -0.756. The zero-order valence-electron chi connectivity index (χ0n) is 17.3. The first kappa shape index (κ1) is 23.1. The highest BCUT2D eigenvalue weighted by Crippen LogP contribution is 2.39. The van der Waals surface area contributed by atoms with Gasteiger partial charge in [-0.2, -0.15) is 0 Å². The molecule has 1 aliphatic carbocycles. The lowest BCUT2D eigenvalue weighted by atomic mass is 9.84. The summed E-state index contributed by atoms with van der Waals surface area (Å²) in [6, 6.07) is 7.96. The van der Waals surface area contributed by atoms with Gasteiger partial charge in [0, 0.05) is 12.8 Å². The maximum absolute atomic E-state index is 10.6. The van der Waals surface area contributed by atoms with Crippen molar-refractivity contribution < 1.29 is 25.2 Å². The van der Waals surface area contributed by atoms with E-state index in [4.69, 9.17) is 5.11 Å². The van der Waals surface area contributed by atoms with Crippen LogP contribution in [0.25, 0.3) is 10.2 Å². The Kier molecular flexibility index (Phi) is 8.62. The van der Waals surface area contributed by atoms with Crippen LogP contribution in [-0.4, -0.2) is 49.7 Å². The average molecular weight is 436 g/mol. The van der Waals surface area contributed by atoms with Crippen LogP contribution in [0.5, 0.6) is 0 Å². The first-order valence-electron chi connectivity index (χ1n) is 11.0. The minimum absolute atomic E-state index is 0.00374. The van der Waals surface area contributed by atoms with Crippen LogP contribution < -0.4 is 0 Å². The highest BCUT2D eigenvalue weighted by molar-refractivity contribution is 7.18. The molecule has 4 N–H and O–H groups in total. The molecular formula is C23H33NO5S. The summed E-state index contributed by atoms with van der Waals surface area (Å²) in [6.07, 6.45) is 5.15. The molecule has 166 valence electrons. The molecule has 0 saturated heterocycles. The van der Waals surface area contributed by atoms with Gasteiger partial charge in [0.2, 0.25) is 0 Å². The number of hydrogen-bond donors (Lipinski definition) is 4. The lowest BCUT2D eigenvalue weighted by molar-refractivity contribution is -0.137. The molecule has 1 aliphatic rings. The van der Waals surface area contributed by atoms with E-state index in [1.54, 1.807) is 11.3 Å². The van der Waals surface area contributed by atoms with Gasteiger partial charge in [0.15, 0.2) is 0 Å². The van der Waals surface area contributed by atoms with E-state index in [0.717, 1.165) is 40.9 Å². The van der Waals surface area contributed by atoms with Crippen molar-refractivity contribution in [2.24, 2.45) is 11.8 Å². The van der Waals surface area contributed by atoms with E-state index in [9.17, 15) is 20.1 Å². The first-order valence-corrected chi connectivity index (χ1v) is 11.9. The van der Waals surface area contributed by atoms with Crippen molar-refractivity contribution in [3.63, 3.8) is 0 Å². The smallest absolute Gasteiger partial charge is 0.303 e. The molecule has 2 aromatic rings. The molecular weight excluding hydrogens is 402 g/mol. The SMILES string of the molecule is O=C(O)CCCCCC[C@@H]1C(CCC(O)Cc2nc3ccccc3s2)[C@H](O)C[C@@H]1O. The Morgan fingerprint density at radius 1 is 1.07 bits per heavy atom. The topological polar surface area (TPSA) is 111 Å². The molecule has 1 heterocycles. The Balaban J connectivity index is 1.43. The van der Waals surface area contributed by atoms with Crippen molar-refractivity contribution in [1.29, 1.82) is 0 Å². The number of thiazole rings is 1. The second kappa shape index (κ2) is 11.2. The number of aliphatic carboxylic acids is 1. The van der Waals surface area contributed by atoms with E-state index in [0.29, 0.717) is 32.1 Å². The van der Waals surface area contributed by atoms with E-state index in [1.165, 1.54) is 0 Å². The van der Waals surface area contributed by atoms with Crippen molar-refractivity contribution in [2.45, 2.75) is 82.5 Å². The fourth-order valence-corrected chi connectivity index (χ4v) is 5.72. The van der Waals surface area contributed by atoms with Crippen LogP contribution in [0.2, 0.25) is 0 Å². The number of aromatic nitrogens is 1. The van der Waals surface area contributed by atoms with Gasteiger partial charge in [-0.05, 0) is 56.1 Å². The maximum atomic E-state index is 10.6. The molecule has 0 radical (unpaired) electrons. The Labute approximate surface area is 181 Å². The van der Waals surface area contributed by atoms with Gasteiger partial charge in [-0.1, -0.05) is 31.4 Å². The summed E-state index contributed by atoms with van der Waals surface area (Å²) in [7, 11) is 0. The summed E-state index contributed by atoms with van der Waals surface area (Å²) in [5, 5.41) is 40.9. The number of aliphatic hydroxyl groups excluding tert-OH is 3. The third-order valence-electron chi connectivity index (χ3n) is 6.28. The standard InChI is InChI=1S/C23H33NO5S/c25-15(13-22-24-18-8-5-6-9-21(18)30-22)11-12-17-16(19(26)14-20(17)27)7-3-1-2-4-10-23(28)29/h5-6,8-9,15-17,19-20,25-27H,1-4,7,10-14H2,(H,28,29)/t15?,16-,17?,19+,20-/m1/s1. The van der Waals surface area contributed by atoms with Gasteiger partial charge in [-0.15, -0.1) is 11.3 Å². The summed E-state index contributed by atoms with van der Waals surface area (Å²) in [5.74, 6) is -0.702. The molecule has 30 heavy (non-hydrogen) atoms. The van der Waals surface area contributed by atoms with Crippen molar-refractivity contribution >= 4 is 27.5 Å². The number of nitrogens with zero attached hydrogens (tertiary/aromatic N) is 1. The van der Waals surface area contributed by atoms with Crippen LogP contribution in [0.3, 0.4) is 0 Å². The van der Waals surface area contributed by atoms with Gasteiger partial charge in [-0.3, -0.25) is 4.79 Å². The lowest BCUT2D eigenvalue weighted by Crippen LogP contribution is -2.24. The molecule has 7 heteroatoms. The monoisotopic (exact) mass is 435 g/mol. The van der Waals surface area contributed by atoms with Gasteiger partial charge in [0.25, 0.3) is 0 Å². The van der Waals surface area contributed by atoms with Crippen molar-refractivity contribution in [1.82, 2.24) is 4.98 Å². The van der Waals surface area contributed by atoms with E-state index in [-0.39, 0.29) is 18.3 Å². The number of carboxylic acid groups (broad SMARTS) is 1. The number of carboxylic acids is 1. The molecule has 0 amide bonds. The van der Waals surface area contributed by atoms with Crippen LogP contribution >= 0.6 is 11.3 Å². The Morgan fingerprint density at radius 3 is 2.50 bits per heavy atom. The Hall–Kier alpha value is -1.54. The fraction of sp³-hybridized carbons (Fsp3) is 0.652. The number of carbonyl (C=O) groups is 1. The quantitative estimate of drug-likeness (QED) is 0.378. The zero-order chi connectivity index (χ0) is 21.5. The van der Waals surface area contributed by atoms with Crippen molar-refractivity contribution in [3.8, 4) is 0 Å². The third kappa shape index (κ3) is 6.48. The molecule has 5 atom stereocenters. The predicted octanol–water partition coefficient (Wildman–Crippen LogP) is 3.76. The molecule has 3 rings (SSSR count). The third-order valence-corrected chi connectivity index (χ3v) is 7.34. The van der Waals surface area contributed by atoms with Gasteiger partial charge in [0.05, 0.1) is 33.5 Å². The number of para-hydroxylation sites is 1. The van der Waals surface area contributed by atoms with Crippen LogP contribution in [0.1, 0.15) is 62.8 Å². The second-order valence-electron chi connectivity index (χ2n) is 8.56. The number of aliphatic hydroxyl groups is 3. The molecule has 1 aromatic heterocycles. The number of rotatable bonds is 12. The average Bonchev–Trinajstić information content (AvgIpc) is 3.22. The number of hydrogen-bond acceptors (Lipinski definition) is 6.